The van der Waals surface area contributed by atoms with E-state index in [2.05, 4.69) is 0 Å². The van der Waals surface area contributed by atoms with Gasteiger partial charge in [-0.1, -0.05) is 0 Å². The van der Waals surface area contributed by atoms with Gasteiger partial charge in [-0.25, -0.2) is 0 Å². The fourth-order valence-corrected chi connectivity index (χ4v) is 5.73. The molecule has 0 radical (unpaired) electrons. The fourth-order valence-electron chi connectivity index (χ4n) is 5.73. The Morgan fingerprint density at radius 1 is 0.282 bits per heavy atom. The largest absolute Gasteiger partial charge is 0.462 e. The molecule has 71 heavy (non-hydrogen) atoms. The minimum Gasteiger partial charge on any atom is -0.462 e. The molecule has 0 bridgehead atoms. The van der Waals surface area contributed by atoms with Crippen LogP contribution in [0.3, 0.4) is 0 Å². The van der Waals surface area contributed by atoms with Gasteiger partial charge in [-0.05, 0) is 166 Å². The Labute approximate surface area is 421 Å². The molecule has 0 saturated carbocycles. The number of rotatable bonds is 12. The highest BCUT2D eigenvalue weighted by atomic mass is 16.8. The maximum atomic E-state index is 14.1. The van der Waals surface area contributed by atoms with E-state index in [4.69, 9.17) is 52.1 Å². The van der Waals surface area contributed by atoms with Crippen molar-refractivity contribution in [3.8, 4) is 0 Å². The molecule has 0 aromatic carbocycles. The first kappa shape index (κ1) is 62.8. The molecule has 2 heterocycles. The summed E-state index contributed by atoms with van der Waals surface area (Å²) in [5, 5.41) is 0. The Morgan fingerprint density at radius 3 is 0.662 bits per heavy atom. The van der Waals surface area contributed by atoms with Crippen LogP contribution in [-0.4, -0.2) is 122 Å². The molecule has 0 unspecified atom stereocenters. The fraction of sp³-hybridized carbons (Fsp3) is 0.846. The van der Waals surface area contributed by atoms with Gasteiger partial charge in [-0.2, -0.15) is 0 Å². The maximum Gasteiger partial charge on any atom is 0.311 e. The van der Waals surface area contributed by atoms with Crippen LogP contribution in [0.15, 0.2) is 0 Å². The minimum absolute atomic E-state index is 0.641. The van der Waals surface area contributed by atoms with Crippen LogP contribution in [0.1, 0.15) is 166 Å². The average Bonchev–Trinajstić information content (AvgIpc) is 3.16. The molecule has 0 N–H and O–H groups in total. The Bertz CT molecular complexity index is 1790. The van der Waals surface area contributed by atoms with E-state index >= 15 is 0 Å². The third kappa shape index (κ3) is 18.0. The number of esters is 8. The van der Waals surface area contributed by atoms with Crippen molar-refractivity contribution in [1.82, 2.24) is 0 Å². The van der Waals surface area contributed by atoms with Crippen LogP contribution in [0.4, 0.5) is 0 Å². The summed E-state index contributed by atoms with van der Waals surface area (Å²) in [6.45, 7) is 36.6. The summed E-state index contributed by atoms with van der Waals surface area (Å²) < 4.78 is 68.2. The highest BCUT2D eigenvalue weighted by Crippen LogP contribution is 2.39. The predicted molar refractivity (Wildman–Crippen MR) is 255 cm³/mol. The molecular formula is C52H86O19. The monoisotopic (exact) mass is 1010 g/mol. The van der Waals surface area contributed by atoms with Gasteiger partial charge in [-0.3, -0.25) is 38.4 Å². The van der Waals surface area contributed by atoms with Gasteiger partial charge in [0.05, 0.1) is 43.3 Å². The van der Waals surface area contributed by atoms with Crippen molar-refractivity contribution in [2.24, 2.45) is 43.3 Å². The summed E-state index contributed by atoms with van der Waals surface area (Å²) >= 11 is 0. The van der Waals surface area contributed by atoms with Crippen LogP contribution in [0.5, 0.6) is 0 Å². The van der Waals surface area contributed by atoms with E-state index in [1.807, 2.05) is 0 Å². The number of hydrogen-bond donors (Lipinski definition) is 0. The van der Waals surface area contributed by atoms with E-state index in [9.17, 15) is 38.4 Å². The Hall–Kier alpha value is -4.36. The molecule has 0 aromatic heterocycles. The van der Waals surface area contributed by atoms with Gasteiger partial charge in [0.25, 0.3) is 0 Å². The lowest BCUT2D eigenvalue weighted by Crippen LogP contribution is -2.68. The topological polar surface area (TPSA) is 238 Å². The lowest BCUT2D eigenvalue weighted by molar-refractivity contribution is -0.379. The average molecular weight is 1020 g/mol. The van der Waals surface area contributed by atoms with Gasteiger partial charge in [0, 0.05) is 0 Å². The molecule has 10 atom stereocenters. The van der Waals surface area contributed by atoms with E-state index in [0.717, 1.165) is 0 Å². The molecular weight excluding hydrogens is 929 g/mol. The third-order valence-electron chi connectivity index (χ3n) is 10.6. The van der Waals surface area contributed by atoms with Gasteiger partial charge in [0.15, 0.2) is 36.6 Å². The first-order valence-corrected chi connectivity index (χ1v) is 24.2. The molecule has 408 valence electrons. The molecule has 2 saturated heterocycles. The number of carbonyl (C=O) groups is 8. The van der Waals surface area contributed by atoms with E-state index in [-0.39, 0.29) is 0 Å². The van der Waals surface area contributed by atoms with Crippen LogP contribution in [0, 0.1) is 43.3 Å². The first-order chi connectivity index (χ1) is 31.6. The summed E-state index contributed by atoms with van der Waals surface area (Å²) in [6, 6.07) is 0. The quantitative estimate of drug-likeness (QED) is 0.137. The van der Waals surface area contributed by atoms with Gasteiger partial charge < -0.3 is 52.1 Å². The second kappa shape index (κ2) is 22.4. The van der Waals surface area contributed by atoms with Gasteiger partial charge >= 0.3 is 47.8 Å². The molecule has 19 heteroatoms. The number of hydrogen-bond acceptors (Lipinski definition) is 19. The Morgan fingerprint density at radius 2 is 0.465 bits per heavy atom. The van der Waals surface area contributed by atoms with E-state index < -0.39 is 166 Å². The van der Waals surface area contributed by atoms with E-state index in [1.165, 1.54) is 0 Å². The smallest absolute Gasteiger partial charge is 0.311 e. The third-order valence-corrected chi connectivity index (χ3v) is 10.6. The highest BCUT2D eigenvalue weighted by Gasteiger charge is 2.60. The Kier molecular flexibility index (Phi) is 19.8. The predicted octanol–water partition coefficient (Wildman–Crippen LogP) is 7.38. The van der Waals surface area contributed by atoms with Crippen LogP contribution >= 0.6 is 0 Å². The van der Waals surface area contributed by atoms with Crippen LogP contribution in [0.25, 0.3) is 0 Å². The van der Waals surface area contributed by atoms with Crippen molar-refractivity contribution < 1.29 is 90.5 Å². The molecule has 2 fully saturated rings. The summed E-state index contributed by atoms with van der Waals surface area (Å²) in [5.74, 6) is -6.40. The molecule has 2 rings (SSSR count). The van der Waals surface area contributed by atoms with Crippen molar-refractivity contribution >= 4 is 47.8 Å². The second-order valence-electron chi connectivity index (χ2n) is 26.6. The van der Waals surface area contributed by atoms with Crippen molar-refractivity contribution in [2.75, 3.05) is 13.2 Å². The van der Waals surface area contributed by atoms with Crippen molar-refractivity contribution in [2.45, 2.75) is 228 Å². The first-order valence-electron chi connectivity index (χ1n) is 24.2. The zero-order valence-electron chi connectivity index (χ0n) is 46.9. The molecule has 0 amide bonds. The van der Waals surface area contributed by atoms with Gasteiger partial charge in [0.1, 0.15) is 25.4 Å². The normalized spacial score (nSPS) is 26.0. The second-order valence-corrected chi connectivity index (χ2v) is 26.6. The molecule has 0 spiro atoms. The van der Waals surface area contributed by atoms with Crippen molar-refractivity contribution in [1.29, 1.82) is 0 Å². The standard InChI is InChI=1S/C52H86O19/c1-45(2,3)37(53)61-25-27-29(65-39(55)47(7,8)9)31(67-41(57)49(13,14)15)33(69-43(59)51(19,20)21)35(63-27)71-36-34(70-44(60)52(22,23)24)32(68-42(58)50(16,17)18)30(66-40(56)48(10,11)12)28(64-36)26-62-38(54)46(4,5)6/h27-36H,25-26H2,1-24H3/t27-,28-,29-,30-,31+,32+,33-,34-,35-,36-/m1/s1. The Balaban J connectivity index is 3.20. The van der Waals surface area contributed by atoms with Crippen molar-refractivity contribution in [3.63, 3.8) is 0 Å². The maximum absolute atomic E-state index is 14.1. The summed E-state index contributed by atoms with van der Waals surface area (Å²) in [6.07, 6.45) is -17.6. The van der Waals surface area contributed by atoms with Crippen LogP contribution < -0.4 is 0 Å². The lowest BCUT2D eigenvalue weighted by Gasteiger charge is -2.49. The van der Waals surface area contributed by atoms with Gasteiger partial charge in [-0.15, -0.1) is 0 Å². The minimum atomic E-state index is -1.96. The summed E-state index contributed by atoms with van der Waals surface area (Å²) in [5.41, 5.74) is -9.27. The zero-order valence-corrected chi connectivity index (χ0v) is 46.9. The SMILES string of the molecule is CC(C)(C)C(=O)OC[C@H]1O[C@H](O[C@H]2O[C@H](COC(=O)C(C)(C)C)[C@@H](OC(=O)C(C)(C)C)[C@H](OC(=O)C(C)(C)C)[C@H]2OC(=O)C(C)(C)C)[C@H](OC(=O)C(C)(C)C)[C@@H](OC(=O)C(C)(C)C)[C@@H]1OC(=O)C(C)(C)C. The molecule has 0 aliphatic carbocycles. The van der Waals surface area contributed by atoms with Crippen molar-refractivity contribution in [3.05, 3.63) is 0 Å². The highest BCUT2D eigenvalue weighted by molar-refractivity contribution is 5.79. The van der Waals surface area contributed by atoms with Crippen LogP contribution in [0.2, 0.25) is 0 Å². The van der Waals surface area contributed by atoms with Crippen LogP contribution in [-0.2, 0) is 90.5 Å². The summed E-state index contributed by atoms with van der Waals surface area (Å²) in [4.78, 5) is 111. The van der Waals surface area contributed by atoms with E-state index in [0.29, 0.717) is 0 Å². The molecule has 0 aromatic rings. The van der Waals surface area contributed by atoms with Gasteiger partial charge in [0.2, 0.25) is 12.6 Å². The number of ether oxygens (including phenoxy) is 11. The van der Waals surface area contributed by atoms with E-state index in [1.54, 1.807) is 166 Å². The molecule has 19 nitrogen and oxygen atoms in total. The molecule has 2 aliphatic rings. The molecule has 2 aliphatic heterocycles. The number of carbonyl (C=O) groups excluding carboxylic acids is 8. The lowest BCUT2D eigenvalue weighted by atomic mass is 9.92. The zero-order chi connectivity index (χ0) is 55.6. The summed E-state index contributed by atoms with van der Waals surface area (Å²) in [7, 11) is 0.